The summed E-state index contributed by atoms with van der Waals surface area (Å²) in [6.07, 6.45) is 1.72. The van der Waals surface area contributed by atoms with Crippen molar-refractivity contribution < 1.29 is 19.0 Å². The van der Waals surface area contributed by atoms with Gasteiger partial charge in [0.1, 0.15) is 22.8 Å². The molecule has 0 saturated heterocycles. The molecule has 2 aromatic carbocycles. The van der Waals surface area contributed by atoms with Crippen LogP contribution in [0, 0.1) is 0 Å². The predicted molar refractivity (Wildman–Crippen MR) is 109 cm³/mol. The van der Waals surface area contributed by atoms with Crippen LogP contribution < -0.4 is 19.5 Å². The summed E-state index contributed by atoms with van der Waals surface area (Å²) in [6, 6.07) is 12.8. The molecule has 0 aliphatic carbocycles. The molecule has 3 rings (SSSR count). The molecule has 1 heterocycles. The van der Waals surface area contributed by atoms with Gasteiger partial charge >= 0.3 is 0 Å². The van der Waals surface area contributed by atoms with Gasteiger partial charge in [-0.05, 0) is 62.7 Å². The molecular formula is C22H26ClNO4. The smallest absolute Gasteiger partial charge is 0.220 e. The van der Waals surface area contributed by atoms with Gasteiger partial charge in [-0.2, -0.15) is 0 Å². The number of rotatable bonds is 7. The van der Waals surface area contributed by atoms with Gasteiger partial charge in [0.2, 0.25) is 5.91 Å². The van der Waals surface area contributed by atoms with Crippen molar-refractivity contribution in [3.05, 3.63) is 53.1 Å². The number of hydrogen-bond donors (Lipinski definition) is 1. The van der Waals surface area contributed by atoms with E-state index in [1.165, 1.54) is 0 Å². The van der Waals surface area contributed by atoms with Crippen LogP contribution in [0.1, 0.15) is 44.7 Å². The Balaban J connectivity index is 1.55. The van der Waals surface area contributed by atoms with Crippen LogP contribution in [-0.2, 0) is 4.79 Å². The van der Waals surface area contributed by atoms with Crippen LogP contribution in [0.4, 0.5) is 0 Å². The second-order valence-corrected chi connectivity index (χ2v) is 7.93. The number of nitrogens with one attached hydrogen (secondary N) is 1. The van der Waals surface area contributed by atoms with Crippen molar-refractivity contribution in [2.24, 2.45) is 0 Å². The molecule has 6 heteroatoms. The molecule has 1 unspecified atom stereocenters. The van der Waals surface area contributed by atoms with Gasteiger partial charge in [-0.3, -0.25) is 4.79 Å². The summed E-state index contributed by atoms with van der Waals surface area (Å²) >= 11 is 5.86. The summed E-state index contributed by atoms with van der Waals surface area (Å²) in [5.41, 5.74) is 0.599. The van der Waals surface area contributed by atoms with Crippen LogP contribution in [0.5, 0.6) is 17.2 Å². The molecule has 1 atom stereocenters. The number of halogens is 1. The largest absolute Gasteiger partial charge is 0.497 e. The molecule has 0 saturated carbocycles. The summed E-state index contributed by atoms with van der Waals surface area (Å²) in [6.45, 7) is 4.53. The van der Waals surface area contributed by atoms with E-state index in [2.05, 4.69) is 5.32 Å². The minimum atomic E-state index is -0.350. The lowest BCUT2D eigenvalue weighted by molar-refractivity contribution is -0.122. The SMILES string of the molecule is COc1ccc2c(c1)C(NC(=O)CCCOc1ccc(Cl)cc1)CC(C)(C)O2. The van der Waals surface area contributed by atoms with Crippen LogP contribution in [0.15, 0.2) is 42.5 Å². The van der Waals surface area contributed by atoms with E-state index in [0.29, 0.717) is 30.9 Å². The first-order valence-corrected chi connectivity index (χ1v) is 9.79. The fourth-order valence-electron chi connectivity index (χ4n) is 3.31. The van der Waals surface area contributed by atoms with Crippen molar-refractivity contribution in [1.29, 1.82) is 0 Å². The number of carbonyl (C=O) groups excluding carboxylic acids is 1. The maximum atomic E-state index is 12.5. The van der Waals surface area contributed by atoms with Crippen LogP contribution in [0.25, 0.3) is 0 Å². The Morgan fingerprint density at radius 1 is 1.21 bits per heavy atom. The number of carbonyl (C=O) groups is 1. The van der Waals surface area contributed by atoms with E-state index in [1.807, 2.05) is 44.2 Å². The highest BCUT2D eigenvalue weighted by Gasteiger charge is 2.34. The van der Waals surface area contributed by atoms with E-state index < -0.39 is 0 Å². The molecule has 0 aromatic heterocycles. The lowest BCUT2D eigenvalue weighted by Gasteiger charge is -2.38. The Morgan fingerprint density at radius 2 is 1.93 bits per heavy atom. The van der Waals surface area contributed by atoms with E-state index in [0.717, 1.165) is 22.8 Å². The topological polar surface area (TPSA) is 56.8 Å². The van der Waals surface area contributed by atoms with Crippen molar-refractivity contribution in [2.75, 3.05) is 13.7 Å². The van der Waals surface area contributed by atoms with E-state index in [1.54, 1.807) is 19.2 Å². The van der Waals surface area contributed by atoms with Gasteiger partial charge in [0.15, 0.2) is 0 Å². The molecule has 1 aliphatic rings. The third-order valence-corrected chi connectivity index (χ3v) is 4.89. The quantitative estimate of drug-likeness (QED) is 0.666. The molecule has 1 amide bonds. The highest BCUT2D eigenvalue weighted by atomic mass is 35.5. The number of amides is 1. The van der Waals surface area contributed by atoms with E-state index in [9.17, 15) is 4.79 Å². The minimum absolute atomic E-state index is 0.00354. The molecule has 0 fully saturated rings. The molecule has 0 radical (unpaired) electrons. The maximum Gasteiger partial charge on any atom is 0.220 e. The third kappa shape index (κ3) is 5.32. The Labute approximate surface area is 170 Å². The maximum absolute atomic E-state index is 12.5. The van der Waals surface area contributed by atoms with Crippen LogP contribution >= 0.6 is 11.6 Å². The normalized spacial score (nSPS) is 17.2. The first-order chi connectivity index (χ1) is 13.4. The molecule has 2 aromatic rings. The van der Waals surface area contributed by atoms with Crippen LogP contribution in [0.2, 0.25) is 5.02 Å². The van der Waals surface area contributed by atoms with Gasteiger partial charge in [-0.1, -0.05) is 11.6 Å². The minimum Gasteiger partial charge on any atom is -0.497 e. The van der Waals surface area contributed by atoms with Gasteiger partial charge < -0.3 is 19.5 Å². The van der Waals surface area contributed by atoms with Gasteiger partial charge in [0.05, 0.1) is 19.8 Å². The number of methoxy groups -OCH3 is 1. The average molecular weight is 404 g/mol. The molecular weight excluding hydrogens is 378 g/mol. The Hall–Kier alpha value is -2.40. The van der Waals surface area contributed by atoms with Gasteiger partial charge in [-0.15, -0.1) is 0 Å². The standard InChI is InChI=1S/C22H26ClNO4/c1-22(2)14-19(18-13-17(26-3)10-11-20(18)28-22)24-21(25)5-4-12-27-16-8-6-15(23)7-9-16/h6-11,13,19H,4-5,12,14H2,1-3H3,(H,24,25). The highest BCUT2D eigenvalue weighted by molar-refractivity contribution is 6.30. The summed E-state index contributed by atoms with van der Waals surface area (Å²) in [5, 5.41) is 3.81. The molecule has 5 nitrogen and oxygen atoms in total. The van der Waals surface area contributed by atoms with Crippen molar-refractivity contribution in [1.82, 2.24) is 5.32 Å². The van der Waals surface area contributed by atoms with E-state index in [4.69, 9.17) is 25.8 Å². The Bertz CT molecular complexity index is 820. The molecule has 1 N–H and O–H groups in total. The third-order valence-electron chi connectivity index (χ3n) is 4.64. The zero-order valence-electron chi connectivity index (χ0n) is 16.5. The van der Waals surface area contributed by atoms with E-state index in [-0.39, 0.29) is 17.6 Å². The average Bonchev–Trinajstić information content (AvgIpc) is 2.65. The predicted octanol–water partition coefficient (Wildman–Crippen LogP) is 4.93. The highest BCUT2D eigenvalue weighted by Crippen LogP contribution is 2.41. The number of ether oxygens (including phenoxy) is 3. The first kappa shape index (κ1) is 20.3. The van der Waals surface area contributed by atoms with Crippen LogP contribution in [0.3, 0.4) is 0 Å². The fourth-order valence-corrected chi connectivity index (χ4v) is 3.43. The summed E-state index contributed by atoms with van der Waals surface area (Å²) < 4.78 is 17.0. The van der Waals surface area contributed by atoms with Crippen molar-refractivity contribution in [3.63, 3.8) is 0 Å². The molecule has 0 bridgehead atoms. The number of fused-ring (bicyclic) bond motifs is 1. The number of benzene rings is 2. The molecule has 1 aliphatic heterocycles. The zero-order valence-corrected chi connectivity index (χ0v) is 17.2. The van der Waals surface area contributed by atoms with E-state index >= 15 is 0 Å². The van der Waals surface area contributed by atoms with Crippen molar-refractivity contribution in [3.8, 4) is 17.2 Å². The van der Waals surface area contributed by atoms with Crippen molar-refractivity contribution in [2.45, 2.75) is 44.8 Å². The summed E-state index contributed by atoms with van der Waals surface area (Å²) in [5.74, 6) is 2.28. The zero-order chi connectivity index (χ0) is 20.1. The number of hydrogen-bond acceptors (Lipinski definition) is 4. The first-order valence-electron chi connectivity index (χ1n) is 9.41. The molecule has 28 heavy (non-hydrogen) atoms. The van der Waals surface area contributed by atoms with Crippen LogP contribution in [-0.4, -0.2) is 25.2 Å². The second kappa shape index (κ2) is 8.74. The van der Waals surface area contributed by atoms with Gasteiger partial charge in [0, 0.05) is 23.4 Å². The summed E-state index contributed by atoms with van der Waals surface area (Å²) in [7, 11) is 1.63. The molecule has 150 valence electrons. The lowest BCUT2D eigenvalue weighted by Crippen LogP contribution is -2.41. The Morgan fingerprint density at radius 3 is 2.64 bits per heavy atom. The monoisotopic (exact) mass is 403 g/mol. The fraction of sp³-hybridized carbons (Fsp3) is 0.409. The molecule has 0 spiro atoms. The Kier molecular flexibility index (Phi) is 6.35. The van der Waals surface area contributed by atoms with Crippen molar-refractivity contribution >= 4 is 17.5 Å². The lowest BCUT2D eigenvalue weighted by atomic mass is 9.89. The van der Waals surface area contributed by atoms with Gasteiger partial charge in [-0.25, -0.2) is 0 Å². The summed E-state index contributed by atoms with van der Waals surface area (Å²) in [4.78, 5) is 12.5. The second-order valence-electron chi connectivity index (χ2n) is 7.50. The van der Waals surface area contributed by atoms with Gasteiger partial charge in [0.25, 0.3) is 0 Å².